The molecule has 2 heterocycles. The van der Waals surface area contributed by atoms with Gasteiger partial charge in [0.1, 0.15) is 17.2 Å². The summed E-state index contributed by atoms with van der Waals surface area (Å²) in [5.74, 6) is 1.14. The van der Waals surface area contributed by atoms with Crippen molar-refractivity contribution in [1.29, 1.82) is 0 Å². The molecule has 1 aliphatic rings. The summed E-state index contributed by atoms with van der Waals surface area (Å²) in [5, 5.41) is 7.40. The number of benzene rings is 1. The maximum absolute atomic E-state index is 13.4. The summed E-state index contributed by atoms with van der Waals surface area (Å²) in [7, 11) is 3.10. The number of likely N-dealkylation sites (tertiary alicyclic amines) is 1. The lowest BCUT2D eigenvalue weighted by molar-refractivity contribution is 0.111. The molecule has 0 unspecified atom stereocenters. The molecule has 2 N–H and O–H groups in total. The van der Waals surface area contributed by atoms with Crippen molar-refractivity contribution in [1.82, 2.24) is 15.5 Å². The van der Waals surface area contributed by atoms with Crippen LogP contribution >= 0.6 is 0 Å². The fraction of sp³-hybridized carbons (Fsp3) is 0.474. The van der Waals surface area contributed by atoms with Gasteiger partial charge in [-0.2, -0.15) is 0 Å². The molecular formula is C19H25FN4O3. The number of aryl methyl sites for hydroxylation is 1. The maximum Gasteiger partial charge on any atom is 0.409 e. The number of ether oxygens (including phenoxy) is 1. The molecule has 0 aliphatic carbocycles. The molecule has 7 nitrogen and oxygen atoms in total. The van der Waals surface area contributed by atoms with Gasteiger partial charge in [0.2, 0.25) is 0 Å². The molecule has 0 radical (unpaired) electrons. The van der Waals surface area contributed by atoms with Crippen molar-refractivity contribution >= 4 is 23.0 Å². The summed E-state index contributed by atoms with van der Waals surface area (Å²) in [6.07, 6.45) is 1.35. The van der Waals surface area contributed by atoms with E-state index in [9.17, 15) is 9.18 Å². The van der Waals surface area contributed by atoms with Gasteiger partial charge in [0.05, 0.1) is 13.7 Å². The number of fused-ring (bicyclic) bond motifs is 1. The molecule has 1 amide bonds. The van der Waals surface area contributed by atoms with Gasteiger partial charge in [-0.1, -0.05) is 0 Å². The Kier molecular flexibility index (Phi) is 5.83. The molecule has 0 bridgehead atoms. The number of nitrogens with one attached hydrogen (secondary N) is 2. The third-order valence-electron chi connectivity index (χ3n) is 4.91. The summed E-state index contributed by atoms with van der Waals surface area (Å²) in [6.45, 7) is 3.66. The van der Waals surface area contributed by atoms with Crippen LogP contribution in [0.15, 0.2) is 27.6 Å². The lowest BCUT2D eigenvalue weighted by atomic mass is 10.1. The zero-order valence-corrected chi connectivity index (χ0v) is 15.8. The normalized spacial score (nSPS) is 15.9. The third kappa shape index (κ3) is 4.32. The molecule has 8 heteroatoms. The Morgan fingerprint density at radius 2 is 2.15 bits per heavy atom. The van der Waals surface area contributed by atoms with Crippen LogP contribution in [0.25, 0.3) is 11.0 Å². The van der Waals surface area contributed by atoms with Crippen LogP contribution in [0.1, 0.15) is 24.2 Å². The molecule has 27 heavy (non-hydrogen) atoms. The predicted octanol–water partition coefficient (Wildman–Crippen LogP) is 2.78. The number of piperidine rings is 1. The number of amides is 1. The number of hydrogen-bond donors (Lipinski definition) is 2. The fourth-order valence-electron chi connectivity index (χ4n) is 3.30. The number of methoxy groups -OCH3 is 1. The van der Waals surface area contributed by atoms with Gasteiger partial charge in [0.15, 0.2) is 5.96 Å². The highest BCUT2D eigenvalue weighted by Gasteiger charge is 2.23. The second-order valence-electron chi connectivity index (χ2n) is 6.59. The van der Waals surface area contributed by atoms with E-state index in [-0.39, 0.29) is 18.0 Å². The van der Waals surface area contributed by atoms with Crippen LogP contribution in [-0.2, 0) is 11.3 Å². The van der Waals surface area contributed by atoms with Crippen molar-refractivity contribution in [2.24, 2.45) is 4.99 Å². The summed E-state index contributed by atoms with van der Waals surface area (Å²) in [4.78, 5) is 17.5. The largest absolute Gasteiger partial charge is 0.459 e. The van der Waals surface area contributed by atoms with Gasteiger partial charge in [-0.05, 0) is 38.0 Å². The smallest absolute Gasteiger partial charge is 0.409 e. The first-order valence-electron chi connectivity index (χ1n) is 8.99. The first-order chi connectivity index (χ1) is 13.0. The minimum atomic E-state index is -0.284. The monoisotopic (exact) mass is 376 g/mol. The molecule has 1 aromatic heterocycles. The van der Waals surface area contributed by atoms with Crippen molar-refractivity contribution in [2.75, 3.05) is 27.2 Å². The molecule has 0 spiro atoms. The minimum absolute atomic E-state index is 0.225. The highest BCUT2D eigenvalue weighted by molar-refractivity contribution is 5.83. The molecule has 1 aromatic carbocycles. The van der Waals surface area contributed by atoms with Crippen LogP contribution in [0.3, 0.4) is 0 Å². The Bertz CT molecular complexity index is 841. The lowest BCUT2D eigenvalue weighted by Gasteiger charge is -2.32. The highest BCUT2D eigenvalue weighted by atomic mass is 19.1. The quantitative estimate of drug-likeness (QED) is 0.636. The minimum Gasteiger partial charge on any atom is -0.459 e. The topological polar surface area (TPSA) is 79.1 Å². The van der Waals surface area contributed by atoms with Gasteiger partial charge in [0.25, 0.3) is 0 Å². The van der Waals surface area contributed by atoms with Crippen molar-refractivity contribution in [3.8, 4) is 0 Å². The molecule has 3 rings (SSSR count). The Morgan fingerprint density at radius 3 is 2.81 bits per heavy atom. The zero-order valence-electron chi connectivity index (χ0n) is 15.8. The van der Waals surface area contributed by atoms with E-state index >= 15 is 0 Å². The molecular weight excluding hydrogens is 351 g/mol. The van der Waals surface area contributed by atoms with E-state index in [1.807, 2.05) is 6.92 Å². The average Bonchev–Trinajstić information content (AvgIpc) is 3.00. The number of carbonyl (C=O) groups is 1. The number of halogens is 1. The molecule has 0 atom stereocenters. The van der Waals surface area contributed by atoms with E-state index < -0.39 is 0 Å². The molecule has 1 saturated heterocycles. The Morgan fingerprint density at radius 1 is 1.41 bits per heavy atom. The second-order valence-corrected chi connectivity index (χ2v) is 6.59. The maximum atomic E-state index is 13.4. The van der Waals surface area contributed by atoms with Crippen LogP contribution in [-0.4, -0.2) is 50.2 Å². The van der Waals surface area contributed by atoms with Crippen LogP contribution in [0.4, 0.5) is 9.18 Å². The third-order valence-corrected chi connectivity index (χ3v) is 4.91. The molecule has 1 fully saturated rings. The highest BCUT2D eigenvalue weighted by Crippen LogP contribution is 2.25. The van der Waals surface area contributed by atoms with Gasteiger partial charge in [-0.15, -0.1) is 0 Å². The van der Waals surface area contributed by atoms with Crippen molar-refractivity contribution in [3.05, 3.63) is 35.3 Å². The van der Waals surface area contributed by atoms with Gasteiger partial charge in [0, 0.05) is 37.1 Å². The zero-order chi connectivity index (χ0) is 19.4. The fourth-order valence-corrected chi connectivity index (χ4v) is 3.30. The van der Waals surface area contributed by atoms with E-state index in [1.54, 1.807) is 18.0 Å². The standard InChI is InChI=1S/C19H25FN4O3/c1-12-15-10-13(20)4-5-16(15)27-17(12)11-22-18(21-2)23-14-6-8-24(9-7-14)19(25)26-3/h4-5,10,14H,6-9,11H2,1-3H3,(H2,21,22,23). The molecule has 0 saturated carbocycles. The van der Waals surface area contributed by atoms with E-state index in [0.29, 0.717) is 31.2 Å². The number of rotatable bonds is 3. The SMILES string of the molecule is CN=C(NCc1oc2ccc(F)cc2c1C)NC1CCN(C(=O)OC)CC1. The van der Waals surface area contributed by atoms with E-state index in [0.717, 1.165) is 29.6 Å². The lowest BCUT2D eigenvalue weighted by Crippen LogP contribution is -2.49. The van der Waals surface area contributed by atoms with Gasteiger partial charge < -0.3 is 24.7 Å². The second kappa shape index (κ2) is 8.28. The van der Waals surface area contributed by atoms with Crippen molar-refractivity contribution in [3.63, 3.8) is 0 Å². The van der Waals surface area contributed by atoms with E-state index in [2.05, 4.69) is 15.6 Å². The van der Waals surface area contributed by atoms with E-state index in [4.69, 9.17) is 9.15 Å². The summed E-state index contributed by atoms with van der Waals surface area (Å²) < 4.78 is 24.0. The number of hydrogen-bond acceptors (Lipinski definition) is 4. The Balaban J connectivity index is 1.56. The molecule has 146 valence electrons. The number of nitrogens with zero attached hydrogens (tertiary/aromatic N) is 2. The van der Waals surface area contributed by atoms with Crippen LogP contribution in [0, 0.1) is 12.7 Å². The predicted molar refractivity (Wildman–Crippen MR) is 101 cm³/mol. The first-order valence-corrected chi connectivity index (χ1v) is 8.99. The number of guanidine groups is 1. The Labute approximate surface area is 157 Å². The number of furan rings is 1. The number of aliphatic imine (C=N–C) groups is 1. The van der Waals surface area contributed by atoms with E-state index in [1.165, 1.54) is 19.2 Å². The van der Waals surface area contributed by atoms with Crippen LogP contribution < -0.4 is 10.6 Å². The Hall–Kier alpha value is -2.77. The number of carbonyl (C=O) groups excluding carboxylic acids is 1. The molecule has 1 aliphatic heterocycles. The summed E-state index contributed by atoms with van der Waals surface area (Å²) in [6, 6.07) is 4.75. The van der Waals surface area contributed by atoms with Gasteiger partial charge in [-0.3, -0.25) is 4.99 Å². The van der Waals surface area contributed by atoms with Gasteiger partial charge in [-0.25, -0.2) is 9.18 Å². The van der Waals surface area contributed by atoms with Crippen LogP contribution in [0.5, 0.6) is 0 Å². The van der Waals surface area contributed by atoms with Crippen molar-refractivity contribution < 1.29 is 18.3 Å². The molecule has 2 aromatic rings. The summed E-state index contributed by atoms with van der Waals surface area (Å²) in [5.41, 5.74) is 1.59. The van der Waals surface area contributed by atoms with Crippen LogP contribution in [0.2, 0.25) is 0 Å². The summed E-state index contributed by atoms with van der Waals surface area (Å²) >= 11 is 0. The van der Waals surface area contributed by atoms with Crippen molar-refractivity contribution in [2.45, 2.75) is 32.4 Å². The average molecular weight is 376 g/mol. The van der Waals surface area contributed by atoms with Gasteiger partial charge >= 0.3 is 6.09 Å². The first kappa shape index (κ1) is 19.0.